The topological polar surface area (TPSA) is 63.4 Å². The fourth-order valence-corrected chi connectivity index (χ4v) is 3.87. The molecule has 2 aliphatic rings. The minimum absolute atomic E-state index is 0.0334. The van der Waals surface area contributed by atoms with Crippen LogP contribution in [0.25, 0.3) is 10.9 Å². The lowest BCUT2D eigenvalue weighted by Crippen LogP contribution is -2.33. The third kappa shape index (κ3) is 3.03. The number of H-pyrrole nitrogens is 1. The van der Waals surface area contributed by atoms with Crippen molar-refractivity contribution in [2.45, 2.75) is 24.7 Å². The molecule has 0 radical (unpaired) electrons. The Morgan fingerprint density at radius 3 is 2.74 bits per heavy atom. The minimum atomic E-state index is 0.0334. The molecule has 1 aliphatic heterocycles. The maximum atomic E-state index is 12.5. The van der Waals surface area contributed by atoms with E-state index in [4.69, 9.17) is 9.47 Å². The van der Waals surface area contributed by atoms with E-state index < -0.39 is 0 Å². The van der Waals surface area contributed by atoms with Gasteiger partial charge in [-0.05, 0) is 42.2 Å². The number of aromatic nitrogens is 1. The number of hydrogen-bond acceptors (Lipinski definition) is 3. The van der Waals surface area contributed by atoms with Gasteiger partial charge in [0.1, 0.15) is 13.2 Å². The van der Waals surface area contributed by atoms with Gasteiger partial charge in [0.15, 0.2) is 11.5 Å². The summed E-state index contributed by atoms with van der Waals surface area (Å²) in [6.07, 6.45) is 4.49. The largest absolute Gasteiger partial charge is 0.486 e. The van der Waals surface area contributed by atoms with E-state index in [0.717, 1.165) is 40.8 Å². The molecule has 138 valence electrons. The standard InChI is InChI=1S/C22H22N2O3/c25-21(11-15-13-23-18-4-2-1-3-17(15)18)24-14-22(7-8-22)16-5-6-19-20(12-16)27-10-9-26-19/h1-6,12-13,23H,7-11,14H2,(H,24,25). The first-order valence-electron chi connectivity index (χ1n) is 9.45. The summed E-state index contributed by atoms with van der Waals surface area (Å²) >= 11 is 0. The molecule has 0 spiro atoms. The highest BCUT2D eigenvalue weighted by atomic mass is 16.6. The number of benzene rings is 2. The minimum Gasteiger partial charge on any atom is -0.486 e. The predicted octanol–water partition coefficient (Wildman–Crippen LogP) is 3.33. The Hall–Kier alpha value is -2.95. The molecule has 5 rings (SSSR count). The summed E-state index contributed by atoms with van der Waals surface area (Å²) in [6.45, 7) is 1.85. The highest BCUT2D eigenvalue weighted by molar-refractivity contribution is 5.88. The van der Waals surface area contributed by atoms with Gasteiger partial charge in [-0.3, -0.25) is 4.79 Å². The first-order valence-corrected chi connectivity index (χ1v) is 9.45. The van der Waals surface area contributed by atoms with E-state index in [2.05, 4.69) is 22.4 Å². The zero-order chi connectivity index (χ0) is 18.3. The van der Waals surface area contributed by atoms with E-state index in [-0.39, 0.29) is 11.3 Å². The number of para-hydroxylation sites is 1. The van der Waals surface area contributed by atoms with Crippen LogP contribution in [0, 0.1) is 0 Å². The Labute approximate surface area is 157 Å². The molecule has 1 saturated carbocycles. The highest BCUT2D eigenvalue weighted by Crippen LogP contribution is 2.49. The van der Waals surface area contributed by atoms with Crippen molar-refractivity contribution in [2.75, 3.05) is 19.8 Å². The zero-order valence-electron chi connectivity index (χ0n) is 15.1. The van der Waals surface area contributed by atoms with Crippen molar-refractivity contribution < 1.29 is 14.3 Å². The van der Waals surface area contributed by atoms with Crippen molar-refractivity contribution in [1.29, 1.82) is 0 Å². The van der Waals surface area contributed by atoms with Gasteiger partial charge in [-0.2, -0.15) is 0 Å². The van der Waals surface area contributed by atoms with Crippen molar-refractivity contribution in [1.82, 2.24) is 10.3 Å². The van der Waals surface area contributed by atoms with Crippen LogP contribution in [0.1, 0.15) is 24.0 Å². The van der Waals surface area contributed by atoms with E-state index in [1.807, 2.05) is 36.5 Å². The summed E-state index contributed by atoms with van der Waals surface area (Å²) in [7, 11) is 0. The lowest BCUT2D eigenvalue weighted by Gasteiger charge is -2.22. The van der Waals surface area contributed by atoms with Crippen LogP contribution in [0.3, 0.4) is 0 Å². The Kier molecular flexibility index (Phi) is 3.81. The predicted molar refractivity (Wildman–Crippen MR) is 103 cm³/mol. The number of hydrogen-bond donors (Lipinski definition) is 2. The molecule has 1 amide bonds. The van der Waals surface area contributed by atoms with E-state index in [1.165, 1.54) is 5.56 Å². The van der Waals surface area contributed by atoms with Gasteiger partial charge in [-0.25, -0.2) is 0 Å². The number of nitrogens with one attached hydrogen (secondary N) is 2. The number of carbonyl (C=O) groups is 1. The molecule has 2 aromatic carbocycles. The van der Waals surface area contributed by atoms with Crippen LogP contribution in [0.4, 0.5) is 0 Å². The average Bonchev–Trinajstić information content (AvgIpc) is 3.41. The van der Waals surface area contributed by atoms with Gasteiger partial charge in [0.25, 0.3) is 0 Å². The van der Waals surface area contributed by atoms with Crippen molar-refractivity contribution in [3.63, 3.8) is 0 Å². The molecular formula is C22H22N2O3. The summed E-state index contributed by atoms with van der Waals surface area (Å²) in [5, 5.41) is 4.25. The Morgan fingerprint density at radius 2 is 1.89 bits per heavy atom. The van der Waals surface area contributed by atoms with Crippen LogP contribution in [0.5, 0.6) is 11.5 Å². The second-order valence-electron chi connectivity index (χ2n) is 7.45. The van der Waals surface area contributed by atoms with Gasteiger partial charge in [0, 0.05) is 29.1 Å². The lowest BCUT2D eigenvalue weighted by atomic mass is 9.95. The number of fused-ring (bicyclic) bond motifs is 2. The molecular weight excluding hydrogens is 340 g/mol. The number of ether oxygens (including phenoxy) is 2. The second-order valence-corrected chi connectivity index (χ2v) is 7.45. The molecule has 1 aromatic heterocycles. The van der Waals surface area contributed by atoms with Crippen LogP contribution in [0.15, 0.2) is 48.7 Å². The zero-order valence-corrected chi connectivity index (χ0v) is 15.1. The number of amides is 1. The molecule has 0 saturated heterocycles. The van der Waals surface area contributed by atoms with Crippen LogP contribution >= 0.6 is 0 Å². The van der Waals surface area contributed by atoms with Gasteiger partial charge in [-0.15, -0.1) is 0 Å². The molecule has 0 atom stereocenters. The summed E-state index contributed by atoms with van der Waals surface area (Å²) in [5.74, 6) is 1.68. The Balaban J connectivity index is 1.26. The molecule has 3 aromatic rings. The van der Waals surface area contributed by atoms with E-state index in [1.54, 1.807) is 0 Å². The Bertz CT molecular complexity index is 1000. The van der Waals surface area contributed by atoms with Crippen LogP contribution in [0.2, 0.25) is 0 Å². The first-order chi connectivity index (χ1) is 13.2. The number of aromatic amines is 1. The quantitative estimate of drug-likeness (QED) is 0.732. The fourth-order valence-electron chi connectivity index (χ4n) is 3.87. The molecule has 0 unspecified atom stereocenters. The lowest BCUT2D eigenvalue weighted by molar-refractivity contribution is -0.120. The van der Waals surface area contributed by atoms with Crippen molar-refractivity contribution in [2.24, 2.45) is 0 Å². The normalized spacial score (nSPS) is 16.9. The van der Waals surface area contributed by atoms with Gasteiger partial charge in [0.2, 0.25) is 5.91 Å². The fraction of sp³-hybridized carbons (Fsp3) is 0.318. The summed E-state index contributed by atoms with van der Waals surface area (Å²) < 4.78 is 11.3. The SMILES string of the molecule is O=C(Cc1c[nH]c2ccccc12)NCC1(c2ccc3c(c2)OCCO3)CC1. The number of rotatable bonds is 5. The van der Waals surface area contributed by atoms with Gasteiger partial charge < -0.3 is 19.8 Å². The third-order valence-electron chi connectivity index (χ3n) is 5.66. The van der Waals surface area contributed by atoms with Gasteiger partial charge in [0.05, 0.1) is 6.42 Å². The molecule has 5 nitrogen and oxygen atoms in total. The highest BCUT2D eigenvalue weighted by Gasteiger charge is 2.44. The van der Waals surface area contributed by atoms with Crippen LogP contribution < -0.4 is 14.8 Å². The van der Waals surface area contributed by atoms with Crippen molar-refractivity contribution >= 4 is 16.8 Å². The monoisotopic (exact) mass is 362 g/mol. The molecule has 1 fully saturated rings. The van der Waals surface area contributed by atoms with Gasteiger partial charge in [-0.1, -0.05) is 24.3 Å². The molecule has 0 bridgehead atoms. The van der Waals surface area contributed by atoms with E-state index in [0.29, 0.717) is 26.2 Å². The first kappa shape index (κ1) is 16.2. The maximum Gasteiger partial charge on any atom is 0.224 e. The molecule has 2 heterocycles. The maximum absolute atomic E-state index is 12.5. The molecule has 27 heavy (non-hydrogen) atoms. The van der Waals surface area contributed by atoms with Crippen molar-refractivity contribution in [3.05, 3.63) is 59.8 Å². The van der Waals surface area contributed by atoms with Crippen LogP contribution in [-0.2, 0) is 16.6 Å². The van der Waals surface area contributed by atoms with Crippen LogP contribution in [-0.4, -0.2) is 30.6 Å². The van der Waals surface area contributed by atoms with E-state index >= 15 is 0 Å². The van der Waals surface area contributed by atoms with Gasteiger partial charge >= 0.3 is 0 Å². The van der Waals surface area contributed by atoms with E-state index in [9.17, 15) is 4.79 Å². The smallest absolute Gasteiger partial charge is 0.224 e. The molecule has 1 aliphatic carbocycles. The number of carbonyl (C=O) groups excluding carboxylic acids is 1. The average molecular weight is 362 g/mol. The molecule has 2 N–H and O–H groups in total. The summed E-state index contributed by atoms with van der Waals surface area (Å²) in [6, 6.07) is 14.2. The molecule has 5 heteroatoms. The summed E-state index contributed by atoms with van der Waals surface area (Å²) in [4.78, 5) is 15.8. The summed E-state index contributed by atoms with van der Waals surface area (Å²) in [5.41, 5.74) is 3.35. The van der Waals surface area contributed by atoms with Crippen molar-refractivity contribution in [3.8, 4) is 11.5 Å². The second kappa shape index (κ2) is 6.34. The third-order valence-corrected chi connectivity index (χ3v) is 5.66. The Morgan fingerprint density at radius 1 is 1.07 bits per heavy atom.